The summed E-state index contributed by atoms with van der Waals surface area (Å²) >= 11 is 0. The highest BCUT2D eigenvalue weighted by molar-refractivity contribution is 5.92. The van der Waals surface area contributed by atoms with E-state index in [0.29, 0.717) is 12.4 Å². The van der Waals surface area contributed by atoms with E-state index in [9.17, 15) is 9.59 Å². The molecule has 1 unspecified atom stereocenters. The first-order valence-corrected chi connectivity index (χ1v) is 6.23. The van der Waals surface area contributed by atoms with Gasteiger partial charge in [-0.25, -0.2) is 4.79 Å². The fourth-order valence-corrected chi connectivity index (χ4v) is 1.75. The number of carbonyl (C=O) groups is 2. The maximum atomic E-state index is 11.5. The zero-order chi connectivity index (χ0) is 13.8. The molecule has 3 N–H and O–H groups in total. The van der Waals surface area contributed by atoms with Crippen molar-refractivity contribution < 1.29 is 14.7 Å². The first kappa shape index (κ1) is 13.3. The minimum atomic E-state index is -0.892. The van der Waals surface area contributed by atoms with Gasteiger partial charge in [0.1, 0.15) is 11.9 Å². The van der Waals surface area contributed by atoms with Crippen LogP contribution in [0, 0.1) is 5.92 Å². The number of nitrogens with one attached hydrogen (secondary N) is 2. The molecule has 0 spiro atoms. The van der Waals surface area contributed by atoms with Gasteiger partial charge < -0.3 is 15.7 Å². The van der Waals surface area contributed by atoms with Crippen molar-refractivity contribution in [3.63, 3.8) is 0 Å². The molecular weight excluding hydrogens is 248 g/mol. The van der Waals surface area contributed by atoms with Gasteiger partial charge in [0.05, 0.1) is 0 Å². The van der Waals surface area contributed by atoms with Crippen LogP contribution < -0.4 is 10.6 Å². The summed E-state index contributed by atoms with van der Waals surface area (Å²) in [5.74, 6) is -0.662. The second kappa shape index (κ2) is 5.64. The van der Waals surface area contributed by atoms with E-state index >= 15 is 0 Å². The SMILES string of the molecule is CCNC(=O)c1ccc(NC(C(=O)O)C2CC2)nn1. The summed E-state index contributed by atoms with van der Waals surface area (Å²) in [5.41, 5.74) is 0.214. The van der Waals surface area contributed by atoms with Crippen LogP contribution in [0.15, 0.2) is 12.1 Å². The summed E-state index contributed by atoms with van der Waals surface area (Å²) in [4.78, 5) is 22.5. The molecule has 7 nitrogen and oxygen atoms in total. The molecule has 1 amide bonds. The number of carboxylic acids is 1. The molecule has 0 saturated heterocycles. The monoisotopic (exact) mass is 264 g/mol. The maximum Gasteiger partial charge on any atom is 0.326 e. The molecule has 2 rings (SSSR count). The first-order chi connectivity index (χ1) is 9.11. The Bertz CT molecular complexity index is 470. The standard InChI is InChI=1S/C12H16N4O3/c1-2-13-11(17)8-5-6-9(16-15-8)14-10(12(18)19)7-3-4-7/h5-7,10H,2-4H2,1H3,(H,13,17)(H,14,16)(H,18,19). The molecule has 0 aromatic carbocycles. The van der Waals surface area contributed by atoms with Crippen LogP contribution in [-0.4, -0.2) is 39.8 Å². The Balaban J connectivity index is 2.01. The lowest BCUT2D eigenvalue weighted by Crippen LogP contribution is -2.32. The average Bonchev–Trinajstić information content (AvgIpc) is 3.21. The summed E-state index contributed by atoms with van der Waals surface area (Å²) in [7, 11) is 0. The van der Waals surface area contributed by atoms with Crippen LogP contribution in [-0.2, 0) is 4.79 Å². The number of amides is 1. The fraction of sp³-hybridized carbons (Fsp3) is 0.500. The van der Waals surface area contributed by atoms with Crippen molar-refractivity contribution in [1.82, 2.24) is 15.5 Å². The zero-order valence-corrected chi connectivity index (χ0v) is 10.6. The number of carboxylic acid groups (broad SMARTS) is 1. The molecule has 1 aliphatic rings. The summed E-state index contributed by atoms with van der Waals surface area (Å²) in [5, 5.41) is 22.1. The second-order valence-corrected chi connectivity index (χ2v) is 4.46. The third kappa shape index (κ3) is 3.40. The average molecular weight is 264 g/mol. The lowest BCUT2D eigenvalue weighted by Gasteiger charge is -2.13. The molecule has 0 radical (unpaired) electrons. The summed E-state index contributed by atoms with van der Waals surface area (Å²) < 4.78 is 0. The Hall–Kier alpha value is -2.18. The third-order valence-corrected chi connectivity index (χ3v) is 2.90. The van der Waals surface area contributed by atoms with E-state index < -0.39 is 12.0 Å². The fourth-order valence-electron chi connectivity index (χ4n) is 1.75. The molecule has 0 bridgehead atoms. The molecule has 1 fully saturated rings. The van der Waals surface area contributed by atoms with Crippen LogP contribution >= 0.6 is 0 Å². The van der Waals surface area contributed by atoms with Crippen molar-refractivity contribution in [3.8, 4) is 0 Å². The van der Waals surface area contributed by atoms with Crippen molar-refractivity contribution in [3.05, 3.63) is 17.8 Å². The summed E-state index contributed by atoms with van der Waals surface area (Å²) in [6.07, 6.45) is 1.82. The third-order valence-electron chi connectivity index (χ3n) is 2.90. The Morgan fingerprint density at radius 2 is 2.16 bits per heavy atom. The number of nitrogens with zero attached hydrogens (tertiary/aromatic N) is 2. The number of hydrogen-bond donors (Lipinski definition) is 3. The minimum Gasteiger partial charge on any atom is -0.480 e. The second-order valence-electron chi connectivity index (χ2n) is 4.46. The first-order valence-electron chi connectivity index (χ1n) is 6.23. The molecule has 1 heterocycles. The Morgan fingerprint density at radius 3 is 2.63 bits per heavy atom. The molecule has 1 aliphatic carbocycles. The van der Waals surface area contributed by atoms with E-state index in [0.717, 1.165) is 12.8 Å². The molecule has 7 heteroatoms. The quantitative estimate of drug-likeness (QED) is 0.691. The number of rotatable bonds is 6. The van der Waals surface area contributed by atoms with Gasteiger partial charge >= 0.3 is 5.97 Å². The smallest absolute Gasteiger partial charge is 0.326 e. The molecule has 1 atom stereocenters. The topological polar surface area (TPSA) is 104 Å². The predicted octanol–water partition coefficient (Wildman–Crippen LogP) is 0.501. The lowest BCUT2D eigenvalue weighted by atomic mass is 10.2. The number of carbonyl (C=O) groups excluding carboxylic acids is 1. The van der Waals surface area contributed by atoms with Crippen molar-refractivity contribution in [2.24, 2.45) is 5.92 Å². The number of aliphatic carboxylic acids is 1. The Morgan fingerprint density at radius 1 is 1.42 bits per heavy atom. The molecule has 102 valence electrons. The van der Waals surface area contributed by atoms with Crippen molar-refractivity contribution in [2.45, 2.75) is 25.8 Å². The Labute approximate surface area is 110 Å². The van der Waals surface area contributed by atoms with Crippen LogP contribution in [0.4, 0.5) is 5.82 Å². The van der Waals surface area contributed by atoms with E-state index in [1.807, 2.05) is 6.92 Å². The van der Waals surface area contributed by atoms with Crippen LogP contribution in [0.3, 0.4) is 0 Å². The highest BCUT2D eigenvalue weighted by atomic mass is 16.4. The Kier molecular flexibility index (Phi) is 3.94. The van der Waals surface area contributed by atoms with Gasteiger partial charge in [0.2, 0.25) is 0 Å². The molecule has 1 saturated carbocycles. The molecule has 1 aromatic rings. The number of aromatic nitrogens is 2. The largest absolute Gasteiger partial charge is 0.480 e. The van der Waals surface area contributed by atoms with E-state index in [1.54, 1.807) is 6.07 Å². The van der Waals surface area contributed by atoms with Gasteiger partial charge in [0.25, 0.3) is 5.91 Å². The van der Waals surface area contributed by atoms with E-state index in [4.69, 9.17) is 5.11 Å². The van der Waals surface area contributed by atoms with Gasteiger partial charge in [-0.05, 0) is 37.8 Å². The van der Waals surface area contributed by atoms with Crippen molar-refractivity contribution in [1.29, 1.82) is 0 Å². The highest BCUT2D eigenvalue weighted by Gasteiger charge is 2.36. The van der Waals surface area contributed by atoms with Gasteiger partial charge in [-0.15, -0.1) is 10.2 Å². The molecule has 0 aliphatic heterocycles. The van der Waals surface area contributed by atoms with Gasteiger partial charge in [0.15, 0.2) is 5.69 Å². The zero-order valence-electron chi connectivity index (χ0n) is 10.6. The minimum absolute atomic E-state index is 0.155. The molecule has 1 aromatic heterocycles. The van der Waals surface area contributed by atoms with Crippen molar-refractivity contribution >= 4 is 17.7 Å². The summed E-state index contributed by atoms with van der Waals surface area (Å²) in [6, 6.07) is 2.45. The van der Waals surface area contributed by atoms with Gasteiger partial charge in [0, 0.05) is 6.54 Å². The number of hydrogen-bond acceptors (Lipinski definition) is 5. The predicted molar refractivity (Wildman–Crippen MR) is 67.8 cm³/mol. The van der Waals surface area contributed by atoms with E-state index in [-0.39, 0.29) is 17.5 Å². The summed E-state index contributed by atoms with van der Waals surface area (Å²) in [6.45, 7) is 2.33. The van der Waals surface area contributed by atoms with Crippen molar-refractivity contribution in [2.75, 3.05) is 11.9 Å². The van der Waals surface area contributed by atoms with Crippen LogP contribution in [0.25, 0.3) is 0 Å². The lowest BCUT2D eigenvalue weighted by molar-refractivity contribution is -0.138. The van der Waals surface area contributed by atoms with Crippen LogP contribution in [0.5, 0.6) is 0 Å². The van der Waals surface area contributed by atoms with Crippen LogP contribution in [0.2, 0.25) is 0 Å². The normalized spacial score (nSPS) is 15.6. The van der Waals surface area contributed by atoms with Gasteiger partial charge in [-0.1, -0.05) is 0 Å². The van der Waals surface area contributed by atoms with Gasteiger partial charge in [-0.2, -0.15) is 0 Å². The maximum absolute atomic E-state index is 11.5. The number of anilines is 1. The molecular formula is C12H16N4O3. The van der Waals surface area contributed by atoms with Crippen LogP contribution in [0.1, 0.15) is 30.3 Å². The van der Waals surface area contributed by atoms with E-state index in [2.05, 4.69) is 20.8 Å². The molecule has 19 heavy (non-hydrogen) atoms. The van der Waals surface area contributed by atoms with Gasteiger partial charge in [-0.3, -0.25) is 4.79 Å². The van der Waals surface area contributed by atoms with E-state index in [1.165, 1.54) is 6.07 Å². The highest BCUT2D eigenvalue weighted by Crippen LogP contribution is 2.34.